The lowest BCUT2D eigenvalue weighted by molar-refractivity contribution is -0.114. The van der Waals surface area contributed by atoms with Crippen molar-refractivity contribution in [2.24, 2.45) is 4.99 Å². The average Bonchev–Trinajstić information content (AvgIpc) is 3.65. The Bertz CT molecular complexity index is 2010. The molecule has 0 bridgehead atoms. The van der Waals surface area contributed by atoms with Crippen LogP contribution in [0.2, 0.25) is 10.0 Å². The maximum Gasteiger partial charge on any atom is 0.271 e. The van der Waals surface area contributed by atoms with Crippen LogP contribution in [-0.2, 0) is 4.79 Å². The van der Waals surface area contributed by atoms with Crippen LogP contribution in [0.25, 0.3) is 28.7 Å². The number of rotatable bonds is 5. The number of carbonyl (C=O) groups excluding carboxylic acids is 1. The first-order chi connectivity index (χ1) is 19.2. The second-order valence-electron chi connectivity index (χ2n) is 9.18. The zero-order valence-electron chi connectivity index (χ0n) is 21.1. The van der Waals surface area contributed by atoms with Crippen molar-refractivity contribution < 1.29 is 13.6 Å². The molecule has 40 heavy (non-hydrogen) atoms. The lowest BCUT2D eigenvalue weighted by Crippen LogP contribution is -2.39. The number of ketones is 1. The third-order valence-electron chi connectivity index (χ3n) is 6.53. The summed E-state index contributed by atoms with van der Waals surface area (Å²) in [4.78, 5) is 31.7. The van der Waals surface area contributed by atoms with E-state index in [9.17, 15) is 9.59 Å². The van der Waals surface area contributed by atoms with Gasteiger partial charge in [-0.25, -0.2) is 4.99 Å². The van der Waals surface area contributed by atoms with Gasteiger partial charge in [0.25, 0.3) is 5.56 Å². The molecule has 0 amide bonds. The van der Waals surface area contributed by atoms with Crippen LogP contribution in [0.5, 0.6) is 0 Å². The first-order valence-corrected chi connectivity index (χ1v) is 14.5. The van der Waals surface area contributed by atoms with Gasteiger partial charge in [0.05, 0.1) is 14.6 Å². The molecule has 3 aromatic heterocycles. The van der Waals surface area contributed by atoms with Crippen LogP contribution in [-0.4, -0.2) is 10.4 Å². The fourth-order valence-electron chi connectivity index (χ4n) is 4.67. The van der Waals surface area contributed by atoms with Gasteiger partial charge < -0.3 is 8.83 Å². The highest BCUT2D eigenvalue weighted by Crippen LogP contribution is 2.34. The summed E-state index contributed by atoms with van der Waals surface area (Å²) >= 11 is 16.9. The molecule has 4 heterocycles. The number of aromatic nitrogens is 1. The molecule has 0 spiro atoms. The van der Waals surface area contributed by atoms with Crippen LogP contribution in [0, 0.1) is 0 Å². The van der Waals surface area contributed by atoms with Crippen LogP contribution in [0.1, 0.15) is 31.4 Å². The summed E-state index contributed by atoms with van der Waals surface area (Å²) in [5, 5.41) is 0.872. The number of carbonyl (C=O) groups is 1. The van der Waals surface area contributed by atoms with Gasteiger partial charge in [0, 0.05) is 32.9 Å². The smallest absolute Gasteiger partial charge is 0.271 e. The maximum absolute atomic E-state index is 13.8. The van der Waals surface area contributed by atoms with Gasteiger partial charge in [-0.15, -0.1) is 0 Å². The SMILES string of the molecule is CC(=O)C1=C(C)N=c2s/c(=C/c3ccc(-c4ccc(Cl)c(Cl)c4)o3)c(=O)n2[C@H]1c1ccc(-c2ccc(Br)cc2)o1. The Balaban J connectivity index is 1.44. The van der Waals surface area contributed by atoms with E-state index in [0.29, 0.717) is 53.7 Å². The third-order valence-corrected chi connectivity index (χ3v) is 8.78. The molecule has 2 aromatic carbocycles. The monoisotopic (exact) mass is 652 g/mol. The van der Waals surface area contributed by atoms with Gasteiger partial charge in [-0.2, -0.15) is 0 Å². The van der Waals surface area contributed by atoms with E-state index in [1.54, 1.807) is 43.3 Å². The molecule has 6 nitrogen and oxygen atoms in total. The number of fused-ring (bicyclic) bond motifs is 1. The van der Waals surface area contributed by atoms with Crippen LogP contribution in [0.4, 0.5) is 0 Å². The van der Waals surface area contributed by atoms with Crippen LogP contribution in [0.15, 0.2) is 101 Å². The molecule has 200 valence electrons. The number of thiazole rings is 1. The molecule has 0 radical (unpaired) electrons. The molecular weight excluding hydrogens is 635 g/mol. The van der Waals surface area contributed by atoms with Crippen LogP contribution < -0.4 is 14.9 Å². The van der Waals surface area contributed by atoms with Crippen molar-refractivity contribution in [3.63, 3.8) is 0 Å². The molecule has 10 heteroatoms. The van der Waals surface area contributed by atoms with Crippen molar-refractivity contribution in [3.05, 3.63) is 124 Å². The van der Waals surface area contributed by atoms with E-state index in [1.165, 1.54) is 22.8 Å². The molecule has 1 atom stereocenters. The van der Waals surface area contributed by atoms with Gasteiger partial charge >= 0.3 is 0 Å². The first-order valence-electron chi connectivity index (χ1n) is 12.1. The summed E-state index contributed by atoms with van der Waals surface area (Å²) in [6, 6.07) is 19.4. The largest absolute Gasteiger partial charge is 0.458 e. The Labute approximate surface area is 250 Å². The molecule has 5 aromatic rings. The molecule has 0 aliphatic carbocycles. The van der Waals surface area contributed by atoms with Crippen molar-refractivity contribution in [3.8, 4) is 22.6 Å². The molecule has 0 N–H and O–H groups in total. The van der Waals surface area contributed by atoms with E-state index >= 15 is 0 Å². The van der Waals surface area contributed by atoms with Crippen molar-refractivity contribution in [2.75, 3.05) is 0 Å². The quantitative estimate of drug-likeness (QED) is 0.198. The zero-order chi connectivity index (χ0) is 28.1. The Kier molecular flexibility index (Phi) is 7.04. The lowest BCUT2D eigenvalue weighted by Gasteiger charge is -2.22. The number of furan rings is 2. The average molecular weight is 654 g/mol. The lowest BCUT2D eigenvalue weighted by atomic mass is 9.98. The normalized spacial score (nSPS) is 15.3. The molecule has 0 saturated carbocycles. The molecule has 0 saturated heterocycles. The van der Waals surface area contributed by atoms with Crippen molar-refractivity contribution in [1.29, 1.82) is 0 Å². The maximum atomic E-state index is 13.8. The van der Waals surface area contributed by atoms with Gasteiger partial charge in [0.1, 0.15) is 29.1 Å². The van der Waals surface area contributed by atoms with E-state index in [2.05, 4.69) is 20.9 Å². The number of allylic oxidation sites excluding steroid dienone is 2. The fraction of sp³-hybridized carbons (Fsp3) is 0.100. The Hall–Kier alpha value is -3.43. The molecule has 0 unspecified atom stereocenters. The Morgan fingerprint density at radius 1 is 0.975 bits per heavy atom. The molecule has 1 aliphatic heterocycles. The summed E-state index contributed by atoms with van der Waals surface area (Å²) in [6.07, 6.45) is 1.67. The van der Waals surface area contributed by atoms with E-state index in [4.69, 9.17) is 32.0 Å². The highest BCUT2D eigenvalue weighted by molar-refractivity contribution is 9.10. The summed E-state index contributed by atoms with van der Waals surface area (Å²) in [5.74, 6) is 2.00. The summed E-state index contributed by atoms with van der Waals surface area (Å²) in [6.45, 7) is 3.25. The van der Waals surface area contributed by atoms with Gasteiger partial charge in [-0.1, -0.05) is 62.6 Å². The second kappa shape index (κ2) is 10.5. The fourth-order valence-corrected chi connectivity index (χ4v) is 6.26. The number of nitrogens with zero attached hydrogens (tertiary/aromatic N) is 2. The number of Topliss-reactive ketones (excluding diaryl/α,β-unsaturated/α-hetero) is 1. The molecular formula is C30H19BrCl2N2O4S. The van der Waals surface area contributed by atoms with Crippen LogP contribution >= 0.6 is 50.5 Å². The topological polar surface area (TPSA) is 77.7 Å². The van der Waals surface area contributed by atoms with E-state index in [1.807, 2.05) is 36.4 Å². The van der Waals surface area contributed by atoms with Gasteiger partial charge in [-0.3, -0.25) is 14.2 Å². The minimum absolute atomic E-state index is 0.181. The number of halogens is 3. The van der Waals surface area contributed by atoms with E-state index < -0.39 is 6.04 Å². The molecule has 6 rings (SSSR count). The van der Waals surface area contributed by atoms with Gasteiger partial charge in [0.15, 0.2) is 10.6 Å². The summed E-state index contributed by atoms with van der Waals surface area (Å²) in [5.41, 5.74) is 2.30. The van der Waals surface area contributed by atoms with Crippen molar-refractivity contribution in [2.45, 2.75) is 19.9 Å². The number of hydrogen-bond acceptors (Lipinski definition) is 6. The molecule has 0 fully saturated rings. The standard InChI is InChI=1S/C30H19BrCl2N2O4S/c1-15-27(16(2)36)28(25-12-11-23(39-25)17-3-6-19(31)7-4-17)35-29(37)26(40-30(35)34-15)14-20-8-10-24(38-20)18-5-9-21(32)22(33)13-18/h3-14,28H,1-2H3/b26-14+/t28-/m0/s1. The van der Waals surface area contributed by atoms with Gasteiger partial charge in [0.2, 0.25) is 0 Å². The highest BCUT2D eigenvalue weighted by atomic mass is 79.9. The second-order valence-corrected chi connectivity index (χ2v) is 11.9. The van der Waals surface area contributed by atoms with Crippen molar-refractivity contribution in [1.82, 2.24) is 4.57 Å². The first kappa shape index (κ1) is 26.8. The van der Waals surface area contributed by atoms with Gasteiger partial charge in [-0.05, 0) is 68.4 Å². The minimum atomic E-state index is -0.747. The zero-order valence-corrected chi connectivity index (χ0v) is 25.0. The minimum Gasteiger partial charge on any atom is -0.458 e. The number of benzene rings is 2. The highest BCUT2D eigenvalue weighted by Gasteiger charge is 2.33. The van der Waals surface area contributed by atoms with Crippen molar-refractivity contribution >= 4 is 62.3 Å². The van der Waals surface area contributed by atoms with Crippen LogP contribution in [0.3, 0.4) is 0 Å². The third kappa shape index (κ3) is 4.86. The predicted molar refractivity (Wildman–Crippen MR) is 160 cm³/mol. The van der Waals surface area contributed by atoms with E-state index in [0.717, 1.165) is 15.6 Å². The predicted octanol–water partition coefficient (Wildman–Crippen LogP) is 7.41. The number of hydrogen-bond donors (Lipinski definition) is 0. The Morgan fingerprint density at radius 2 is 1.68 bits per heavy atom. The Morgan fingerprint density at radius 3 is 2.40 bits per heavy atom. The summed E-state index contributed by atoms with van der Waals surface area (Å²) in [7, 11) is 0. The van der Waals surface area contributed by atoms with E-state index in [-0.39, 0.29) is 11.3 Å². The molecule has 1 aliphatic rings. The summed E-state index contributed by atoms with van der Waals surface area (Å²) < 4.78 is 15.1.